The Hall–Kier alpha value is -1.56. The molecule has 0 bridgehead atoms. The third-order valence-corrected chi connectivity index (χ3v) is 1.70. The minimum Gasteiger partial charge on any atom is -0.396 e. The Kier molecular flexibility index (Phi) is 3.93. The van der Waals surface area contributed by atoms with E-state index in [9.17, 15) is 4.79 Å². The van der Waals surface area contributed by atoms with Crippen LogP contribution in [0.3, 0.4) is 0 Å². The van der Waals surface area contributed by atoms with Gasteiger partial charge in [-0.2, -0.15) is 5.10 Å². The van der Waals surface area contributed by atoms with Crippen LogP contribution >= 0.6 is 0 Å². The van der Waals surface area contributed by atoms with Gasteiger partial charge in [0.2, 0.25) is 0 Å². The average molecular weight is 198 g/mol. The van der Waals surface area contributed by atoms with Crippen molar-refractivity contribution in [1.82, 2.24) is 15.5 Å². The Morgan fingerprint density at radius 3 is 3.07 bits per heavy atom. The Morgan fingerprint density at radius 2 is 2.50 bits per heavy atom. The summed E-state index contributed by atoms with van der Waals surface area (Å²) in [7, 11) is 1.73. The fourth-order valence-corrected chi connectivity index (χ4v) is 0.942. The lowest BCUT2D eigenvalue weighted by atomic mass is 10.3. The summed E-state index contributed by atoms with van der Waals surface area (Å²) in [6.07, 6.45) is 0.554. The molecule has 0 aliphatic rings. The first kappa shape index (κ1) is 10.5. The van der Waals surface area contributed by atoms with E-state index in [0.717, 1.165) is 0 Å². The number of aliphatic hydroxyl groups is 1. The van der Waals surface area contributed by atoms with Gasteiger partial charge >= 0.3 is 0 Å². The molecule has 14 heavy (non-hydrogen) atoms. The van der Waals surface area contributed by atoms with Gasteiger partial charge in [-0.15, -0.1) is 0 Å². The average Bonchev–Trinajstić information content (AvgIpc) is 2.66. The highest BCUT2D eigenvalue weighted by Crippen LogP contribution is 2.03. The molecular formula is C8H14N4O2. The van der Waals surface area contributed by atoms with Crippen LogP contribution in [0.4, 0.5) is 5.82 Å². The normalized spacial score (nSPS) is 9.86. The van der Waals surface area contributed by atoms with Crippen molar-refractivity contribution in [3.05, 3.63) is 11.8 Å². The van der Waals surface area contributed by atoms with Crippen molar-refractivity contribution in [1.29, 1.82) is 0 Å². The van der Waals surface area contributed by atoms with Crippen molar-refractivity contribution >= 4 is 11.7 Å². The van der Waals surface area contributed by atoms with Gasteiger partial charge in [0.1, 0.15) is 11.5 Å². The Balaban J connectivity index is 2.44. The first-order valence-corrected chi connectivity index (χ1v) is 4.40. The van der Waals surface area contributed by atoms with Gasteiger partial charge in [0.05, 0.1) is 0 Å². The van der Waals surface area contributed by atoms with Gasteiger partial charge in [-0.25, -0.2) is 0 Å². The van der Waals surface area contributed by atoms with Crippen LogP contribution in [0.2, 0.25) is 0 Å². The summed E-state index contributed by atoms with van der Waals surface area (Å²) in [5.74, 6) is 0.407. The summed E-state index contributed by atoms with van der Waals surface area (Å²) in [5.41, 5.74) is 0.410. The van der Waals surface area contributed by atoms with E-state index in [1.807, 2.05) is 0 Å². The second-order valence-corrected chi connectivity index (χ2v) is 2.75. The first-order chi connectivity index (χ1) is 6.77. The summed E-state index contributed by atoms with van der Waals surface area (Å²) >= 11 is 0. The third kappa shape index (κ3) is 2.74. The van der Waals surface area contributed by atoms with Crippen LogP contribution in [0.1, 0.15) is 16.9 Å². The molecule has 1 heterocycles. The monoisotopic (exact) mass is 198 g/mol. The number of aromatic amines is 1. The second kappa shape index (κ2) is 5.23. The van der Waals surface area contributed by atoms with Crippen molar-refractivity contribution in [2.75, 3.05) is 25.5 Å². The lowest BCUT2D eigenvalue weighted by Crippen LogP contribution is -2.25. The van der Waals surface area contributed by atoms with Crippen LogP contribution in [0.5, 0.6) is 0 Å². The van der Waals surface area contributed by atoms with E-state index in [1.54, 1.807) is 13.1 Å². The summed E-state index contributed by atoms with van der Waals surface area (Å²) < 4.78 is 0. The van der Waals surface area contributed by atoms with Crippen LogP contribution < -0.4 is 10.6 Å². The predicted molar refractivity (Wildman–Crippen MR) is 52.2 cm³/mol. The molecule has 0 spiro atoms. The molecule has 0 aliphatic carbocycles. The van der Waals surface area contributed by atoms with Gasteiger partial charge < -0.3 is 15.7 Å². The van der Waals surface area contributed by atoms with Gasteiger partial charge in [0.15, 0.2) is 0 Å². The number of amides is 1. The molecule has 1 aromatic rings. The molecule has 1 rings (SSSR count). The van der Waals surface area contributed by atoms with Gasteiger partial charge in [-0.1, -0.05) is 0 Å². The zero-order chi connectivity index (χ0) is 10.4. The lowest BCUT2D eigenvalue weighted by molar-refractivity contribution is 0.0946. The van der Waals surface area contributed by atoms with Gasteiger partial charge in [0, 0.05) is 26.3 Å². The van der Waals surface area contributed by atoms with Crippen LogP contribution in [0.15, 0.2) is 6.07 Å². The molecule has 0 fully saturated rings. The number of nitrogens with zero attached hydrogens (tertiary/aromatic N) is 1. The predicted octanol–water partition coefficient (Wildman–Crippen LogP) is -0.436. The number of carbonyl (C=O) groups excluding carboxylic acids is 1. The molecular weight excluding hydrogens is 184 g/mol. The molecule has 0 saturated carbocycles. The molecule has 1 amide bonds. The van der Waals surface area contributed by atoms with Crippen LogP contribution in [-0.4, -0.2) is 41.4 Å². The fraction of sp³-hybridized carbons (Fsp3) is 0.500. The van der Waals surface area contributed by atoms with Crippen molar-refractivity contribution in [2.45, 2.75) is 6.42 Å². The largest absolute Gasteiger partial charge is 0.396 e. The molecule has 6 heteroatoms. The Labute approximate surface area is 81.7 Å². The SMILES string of the molecule is CNc1cc(C(=O)NCCCO)[nH]n1. The minimum absolute atomic E-state index is 0.0744. The number of aliphatic hydroxyl groups excluding tert-OH is 1. The smallest absolute Gasteiger partial charge is 0.269 e. The highest BCUT2D eigenvalue weighted by Gasteiger charge is 2.07. The van der Waals surface area contributed by atoms with E-state index in [-0.39, 0.29) is 12.5 Å². The van der Waals surface area contributed by atoms with E-state index >= 15 is 0 Å². The molecule has 0 saturated heterocycles. The molecule has 0 atom stereocenters. The molecule has 4 N–H and O–H groups in total. The molecule has 1 aromatic heterocycles. The highest BCUT2D eigenvalue weighted by atomic mass is 16.3. The molecule has 0 aliphatic heterocycles. The summed E-state index contributed by atoms with van der Waals surface area (Å²) in [6, 6.07) is 1.62. The lowest BCUT2D eigenvalue weighted by Gasteiger charge is -2.00. The van der Waals surface area contributed by atoms with Crippen molar-refractivity contribution in [2.24, 2.45) is 0 Å². The summed E-state index contributed by atoms with van der Waals surface area (Å²) in [6.45, 7) is 0.536. The van der Waals surface area contributed by atoms with E-state index in [2.05, 4.69) is 20.8 Å². The first-order valence-electron chi connectivity index (χ1n) is 4.40. The molecule has 0 aromatic carbocycles. The number of nitrogens with one attached hydrogen (secondary N) is 3. The van der Waals surface area contributed by atoms with Crippen molar-refractivity contribution in [3.8, 4) is 0 Å². The number of anilines is 1. The number of carbonyl (C=O) groups is 1. The zero-order valence-electron chi connectivity index (χ0n) is 8.00. The van der Waals surface area contributed by atoms with Gasteiger partial charge in [-0.3, -0.25) is 9.89 Å². The molecule has 0 unspecified atom stereocenters. The van der Waals surface area contributed by atoms with Gasteiger partial charge in [0.25, 0.3) is 5.91 Å². The van der Waals surface area contributed by atoms with E-state index in [1.165, 1.54) is 0 Å². The fourth-order valence-electron chi connectivity index (χ4n) is 0.942. The van der Waals surface area contributed by atoms with E-state index in [4.69, 9.17) is 5.11 Å². The van der Waals surface area contributed by atoms with Crippen molar-refractivity contribution < 1.29 is 9.90 Å². The third-order valence-electron chi connectivity index (χ3n) is 1.70. The Morgan fingerprint density at radius 1 is 1.71 bits per heavy atom. The topological polar surface area (TPSA) is 90.0 Å². The maximum atomic E-state index is 11.4. The second-order valence-electron chi connectivity index (χ2n) is 2.75. The standard InChI is InChI=1S/C8H14N4O2/c1-9-7-5-6(11-12-7)8(14)10-3-2-4-13/h5,13H,2-4H2,1H3,(H,10,14)(H2,9,11,12). The van der Waals surface area contributed by atoms with Crippen LogP contribution in [0.25, 0.3) is 0 Å². The number of rotatable bonds is 5. The molecule has 78 valence electrons. The Bertz CT molecular complexity index is 297. The van der Waals surface area contributed by atoms with Gasteiger partial charge in [-0.05, 0) is 6.42 Å². The minimum atomic E-state index is -0.215. The quantitative estimate of drug-likeness (QED) is 0.483. The maximum Gasteiger partial charge on any atom is 0.269 e. The molecule has 0 radical (unpaired) electrons. The maximum absolute atomic E-state index is 11.4. The summed E-state index contributed by atoms with van der Waals surface area (Å²) in [5, 5.41) is 20.4. The van der Waals surface area contributed by atoms with Crippen molar-refractivity contribution in [3.63, 3.8) is 0 Å². The highest BCUT2D eigenvalue weighted by molar-refractivity contribution is 5.92. The van der Waals surface area contributed by atoms with E-state index in [0.29, 0.717) is 24.5 Å². The molecule has 6 nitrogen and oxygen atoms in total. The zero-order valence-corrected chi connectivity index (χ0v) is 8.00. The number of hydrogen-bond acceptors (Lipinski definition) is 4. The number of hydrogen-bond donors (Lipinski definition) is 4. The van der Waals surface area contributed by atoms with Crippen LogP contribution in [0, 0.1) is 0 Å². The summed E-state index contributed by atoms with van der Waals surface area (Å²) in [4.78, 5) is 11.4. The van der Waals surface area contributed by atoms with E-state index < -0.39 is 0 Å². The number of H-pyrrole nitrogens is 1. The van der Waals surface area contributed by atoms with Crippen LogP contribution in [-0.2, 0) is 0 Å². The number of aromatic nitrogens is 2.